The van der Waals surface area contributed by atoms with Crippen molar-refractivity contribution in [3.8, 4) is 0 Å². The Kier molecular flexibility index (Phi) is 4.52. The topological polar surface area (TPSA) is 29.1 Å². The Balaban J connectivity index is 2.04. The van der Waals surface area contributed by atoms with E-state index in [1.807, 2.05) is 0 Å². The van der Waals surface area contributed by atoms with Crippen LogP contribution in [-0.2, 0) is 0 Å². The molecule has 0 saturated heterocycles. The van der Waals surface area contributed by atoms with Gasteiger partial charge in [0.05, 0.1) is 10.0 Å². The van der Waals surface area contributed by atoms with Gasteiger partial charge in [-0.15, -0.1) is 0 Å². The van der Waals surface area contributed by atoms with Crippen LogP contribution in [0, 0.1) is 5.92 Å². The van der Waals surface area contributed by atoms with E-state index in [-0.39, 0.29) is 11.9 Å². The van der Waals surface area contributed by atoms with Crippen molar-refractivity contribution in [1.82, 2.24) is 5.32 Å². The number of halogens is 2. The van der Waals surface area contributed by atoms with Crippen LogP contribution in [0.15, 0.2) is 18.2 Å². The molecule has 1 fully saturated rings. The molecule has 0 spiro atoms. The van der Waals surface area contributed by atoms with Gasteiger partial charge in [-0.1, -0.05) is 43.0 Å². The summed E-state index contributed by atoms with van der Waals surface area (Å²) >= 11 is 11.8. The van der Waals surface area contributed by atoms with Crippen molar-refractivity contribution in [3.05, 3.63) is 33.8 Å². The normalized spacial score (nSPS) is 23.7. The second kappa shape index (κ2) is 5.94. The minimum absolute atomic E-state index is 0.0627. The van der Waals surface area contributed by atoms with Gasteiger partial charge in [0.15, 0.2) is 0 Å². The SMILES string of the molecule is C[C@H]1CCCC[C@@H]1NC(=O)c1ccc(Cl)c(Cl)c1. The first-order valence-corrected chi connectivity index (χ1v) is 7.09. The van der Waals surface area contributed by atoms with Crippen molar-refractivity contribution in [2.75, 3.05) is 0 Å². The van der Waals surface area contributed by atoms with Gasteiger partial charge in [0.2, 0.25) is 0 Å². The summed E-state index contributed by atoms with van der Waals surface area (Å²) in [5.74, 6) is 0.484. The second-order valence-electron chi connectivity index (χ2n) is 4.97. The van der Waals surface area contributed by atoms with Crippen LogP contribution in [0.2, 0.25) is 10.0 Å². The van der Waals surface area contributed by atoms with Crippen molar-refractivity contribution in [2.24, 2.45) is 5.92 Å². The molecule has 1 aliphatic carbocycles. The van der Waals surface area contributed by atoms with E-state index in [0.717, 1.165) is 6.42 Å². The molecular formula is C14H17Cl2NO. The maximum atomic E-state index is 12.1. The molecule has 0 bridgehead atoms. The molecule has 1 saturated carbocycles. The van der Waals surface area contributed by atoms with E-state index >= 15 is 0 Å². The molecule has 2 atom stereocenters. The highest BCUT2D eigenvalue weighted by molar-refractivity contribution is 6.42. The number of rotatable bonds is 2. The van der Waals surface area contributed by atoms with E-state index in [2.05, 4.69) is 12.2 Å². The summed E-state index contributed by atoms with van der Waals surface area (Å²) < 4.78 is 0. The summed E-state index contributed by atoms with van der Waals surface area (Å²) in [6, 6.07) is 5.26. The van der Waals surface area contributed by atoms with Gasteiger partial charge in [-0.2, -0.15) is 0 Å². The van der Waals surface area contributed by atoms with E-state index in [1.165, 1.54) is 19.3 Å². The molecule has 4 heteroatoms. The number of carbonyl (C=O) groups is 1. The zero-order valence-electron chi connectivity index (χ0n) is 10.4. The fourth-order valence-corrected chi connectivity index (χ4v) is 2.72. The Morgan fingerprint density at radius 1 is 1.22 bits per heavy atom. The van der Waals surface area contributed by atoms with Crippen molar-refractivity contribution >= 4 is 29.1 Å². The number of nitrogens with one attached hydrogen (secondary N) is 1. The first kappa shape index (κ1) is 13.7. The summed E-state index contributed by atoms with van der Waals surface area (Å²) in [5.41, 5.74) is 0.571. The Morgan fingerprint density at radius 3 is 2.61 bits per heavy atom. The minimum Gasteiger partial charge on any atom is -0.349 e. The van der Waals surface area contributed by atoms with Crippen LogP contribution in [0.5, 0.6) is 0 Å². The molecule has 2 rings (SSSR count). The molecule has 1 aromatic rings. The van der Waals surface area contributed by atoms with Crippen molar-refractivity contribution < 1.29 is 4.79 Å². The summed E-state index contributed by atoms with van der Waals surface area (Å²) in [6.45, 7) is 2.19. The molecule has 1 amide bonds. The predicted molar refractivity (Wildman–Crippen MR) is 75.3 cm³/mol. The Bertz CT molecular complexity index is 447. The first-order chi connectivity index (χ1) is 8.58. The van der Waals surface area contributed by atoms with E-state index in [9.17, 15) is 4.79 Å². The zero-order valence-corrected chi connectivity index (χ0v) is 11.9. The standard InChI is InChI=1S/C14H17Cl2NO/c1-9-4-2-3-5-13(9)17-14(18)10-6-7-11(15)12(16)8-10/h6-9,13H,2-5H2,1H3,(H,17,18)/t9-,13-/m0/s1. The maximum absolute atomic E-state index is 12.1. The highest BCUT2D eigenvalue weighted by atomic mass is 35.5. The maximum Gasteiger partial charge on any atom is 0.251 e. The van der Waals surface area contributed by atoms with Gasteiger partial charge in [0.1, 0.15) is 0 Å². The molecule has 1 aliphatic rings. The molecule has 18 heavy (non-hydrogen) atoms. The lowest BCUT2D eigenvalue weighted by Crippen LogP contribution is -2.41. The molecule has 98 valence electrons. The van der Waals surface area contributed by atoms with E-state index in [4.69, 9.17) is 23.2 Å². The highest BCUT2D eigenvalue weighted by Crippen LogP contribution is 2.25. The second-order valence-corrected chi connectivity index (χ2v) is 5.78. The number of hydrogen-bond acceptors (Lipinski definition) is 1. The molecule has 0 unspecified atom stereocenters. The van der Waals surface area contributed by atoms with Gasteiger partial charge in [0, 0.05) is 11.6 Å². The van der Waals surface area contributed by atoms with Crippen LogP contribution in [0.3, 0.4) is 0 Å². The monoisotopic (exact) mass is 285 g/mol. The molecule has 0 aromatic heterocycles. The lowest BCUT2D eigenvalue weighted by atomic mass is 9.86. The fourth-order valence-electron chi connectivity index (χ4n) is 2.42. The van der Waals surface area contributed by atoms with Crippen LogP contribution >= 0.6 is 23.2 Å². The smallest absolute Gasteiger partial charge is 0.251 e. The van der Waals surface area contributed by atoms with Crippen molar-refractivity contribution in [1.29, 1.82) is 0 Å². The van der Waals surface area contributed by atoms with Crippen LogP contribution in [0.1, 0.15) is 43.0 Å². The Hall–Kier alpha value is -0.730. The summed E-state index contributed by atoms with van der Waals surface area (Å²) in [4.78, 5) is 12.1. The third-order valence-electron chi connectivity index (χ3n) is 3.61. The number of benzene rings is 1. The van der Waals surface area contributed by atoms with Gasteiger partial charge in [-0.25, -0.2) is 0 Å². The summed E-state index contributed by atoms with van der Waals surface area (Å²) in [7, 11) is 0. The Morgan fingerprint density at radius 2 is 1.94 bits per heavy atom. The van der Waals surface area contributed by atoms with Gasteiger partial charge in [0.25, 0.3) is 5.91 Å². The van der Waals surface area contributed by atoms with Crippen LogP contribution in [0.25, 0.3) is 0 Å². The zero-order chi connectivity index (χ0) is 13.1. The van der Waals surface area contributed by atoms with Gasteiger partial charge in [-0.3, -0.25) is 4.79 Å². The van der Waals surface area contributed by atoms with E-state index in [1.54, 1.807) is 18.2 Å². The molecule has 0 radical (unpaired) electrons. The average Bonchev–Trinajstić information content (AvgIpc) is 2.35. The van der Waals surface area contributed by atoms with Crippen LogP contribution in [-0.4, -0.2) is 11.9 Å². The average molecular weight is 286 g/mol. The van der Waals surface area contributed by atoms with Crippen molar-refractivity contribution in [3.63, 3.8) is 0 Å². The van der Waals surface area contributed by atoms with E-state index < -0.39 is 0 Å². The molecule has 2 nitrogen and oxygen atoms in total. The third kappa shape index (κ3) is 3.18. The van der Waals surface area contributed by atoms with Crippen LogP contribution < -0.4 is 5.32 Å². The number of carbonyl (C=O) groups excluding carboxylic acids is 1. The molecule has 0 heterocycles. The van der Waals surface area contributed by atoms with Crippen molar-refractivity contribution in [2.45, 2.75) is 38.6 Å². The largest absolute Gasteiger partial charge is 0.349 e. The molecule has 0 aliphatic heterocycles. The number of hydrogen-bond donors (Lipinski definition) is 1. The van der Waals surface area contributed by atoms with Gasteiger partial charge in [-0.05, 0) is 37.0 Å². The quantitative estimate of drug-likeness (QED) is 0.862. The van der Waals surface area contributed by atoms with Gasteiger partial charge < -0.3 is 5.32 Å². The molecule has 1 aromatic carbocycles. The summed E-state index contributed by atoms with van der Waals surface area (Å²) in [6.07, 6.45) is 4.71. The van der Waals surface area contributed by atoms with Gasteiger partial charge >= 0.3 is 0 Å². The highest BCUT2D eigenvalue weighted by Gasteiger charge is 2.23. The summed E-state index contributed by atoms with van der Waals surface area (Å²) in [5, 5.41) is 3.98. The first-order valence-electron chi connectivity index (χ1n) is 6.34. The third-order valence-corrected chi connectivity index (χ3v) is 4.35. The molecular weight excluding hydrogens is 269 g/mol. The van der Waals surface area contributed by atoms with E-state index in [0.29, 0.717) is 21.5 Å². The predicted octanol–water partition coefficient (Wildman–Crippen LogP) is 4.30. The lowest BCUT2D eigenvalue weighted by molar-refractivity contribution is 0.0910. The fraction of sp³-hybridized carbons (Fsp3) is 0.500. The molecule has 1 N–H and O–H groups in total. The lowest BCUT2D eigenvalue weighted by Gasteiger charge is -2.29. The van der Waals surface area contributed by atoms with Crippen LogP contribution in [0.4, 0.5) is 0 Å². The Labute approximate surface area is 118 Å². The number of amides is 1. The minimum atomic E-state index is -0.0627.